The molecule has 1 N–H and O–H groups in total. The van der Waals surface area contributed by atoms with E-state index in [-0.39, 0.29) is 18.3 Å². The first-order chi connectivity index (χ1) is 13.6. The van der Waals surface area contributed by atoms with E-state index < -0.39 is 17.9 Å². The minimum absolute atomic E-state index is 0.00393. The average molecular weight is 406 g/mol. The number of carbonyl (C=O) groups is 2. The van der Waals surface area contributed by atoms with Gasteiger partial charge in [-0.2, -0.15) is 8.78 Å². The van der Waals surface area contributed by atoms with Gasteiger partial charge in [-0.25, -0.2) is 0 Å². The lowest BCUT2D eigenvalue weighted by Gasteiger charge is -2.26. The number of carbonyl (C=O) groups excluding carboxylic acids is 2. The molecule has 0 spiro atoms. The number of alkyl halides is 2. The Labute approximate surface area is 168 Å². The molecule has 0 bridgehead atoms. The lowest BCUT2D eigenvalue weighted by Crippen LogP contribution is -2.36. The van der Waals surface area contributed by atoms with E-state index in [1.54, 1.807) is 36.2 Å². The van der Waals surface area contributed by atoms with E-state index >= 15 is 0 Å². The fourth-order valence-electron chi connectivity index (χ4n) is 2.45. The van der Waals surface area contributed by atoms with Gasteiger partial charge in [-0.05, 0) is 48.5 Å². The first kappa shape index (κ1) is 22.1. The summed E-state index contributed by atoms with van der Waals surface area (Å²) in [6.07, 6.45) is 0. The van der Waals surface area contributed by atoms with Crippen LogP contribution in [0.4, 0.5) is 20.2 Å². The van der Waals surface area contributed by atoms with Crippen LogP contribution in [-0.2, 0) is 9.59 Å². The third-order valence-corrected chi connectivity index (χ3v) is 3.90. The van der Waals surface area contributed by atoms with Gasteiger partial charge in [-0.1, -0.05) is 20.8 Å². The second kappa shape index (κ2) is 9.36. The van der Waals surface area contributed by atoms with Crippen molar-refractivity contribution >= 4 is 23.2 Å². The molecule has 8 heteroatoms. The molecule has 2 amide bonds. The van der Waals surface area contributed by atoms with Crippen LogP contribution < -0.4 is 19.7 Å². The maximum atomic E-state index is 12.3. The van der Waals surface area contributed by atoms with Gasteiger partial charge in [0.1, 0.15) is 11.5 Å². The molecule has 0 heterocycles. The molecule has 0 radical (unpaired) electrons. The van der Waals surface area contributed by atoms with Crippen molar-refractivity contribution in [1.82, 2.24) is 0 Å². The lowest BCUT2D eigenvalue weighted by atomic mass is 9.95. The molecule has 2 rings (SSSR count). The zero-order valence-corrected chi connectivity index (χ0v) is 16.7. The van der Waals surface area contributed by atoms with Gasteiger partial charge >= 0.3 is 6.61 Å². The molecule has 0 fully saturated rings. The van der Waals surface area contributed by atoms with Crippen LogP contribution in [0, 0.1) is 5.41 Å². The van der Waals surface area contributed by atoms with Gasteiger partial charge < -0.3 is 19.7 Å². The highest BCUT2D eigenvalue weighted by Crippen LogP contribution is 2.24. The number of amides is 2. The second-order valence-electron chi connectivity index (χ2n) is 7.35. The normalized spacial score (nSPS) is 11.1. The Balaban J connectivity index is 1.86. The monoisotopic (exact) mass is 406 g/mol. The Morgan fingerprint density at radius 1 is 1.00 bits per heavy atom. The molecule has 156 valence electrons. The van der Waals surface area contributed by atoms with Gasteiger partial charge in [0.15, 0.2) is 6.61 Å². The number of nitrogens with zero attached hydrogens (tertiary/aromatic N) is 1. The molecule has 0 atom stereocenters. The summed E-state index contributed by atoms with van der Waals surface area (Å²) < 4.78 is 33.9. The van der Waals surface area contributed by atoms with Crippen LogP contribution in [0.5, 0.6) is 11.5 Å². The number of benzene rings is 2. The van der Waals surface area contributed by atoms with Crippen LogP contribution in [-0.4, -0.2) is 32.1 Å². The van der Waals surface area contributed by atoms with Gasteiger partial charge in [-0.3, -0.25) is 9.59 Å². The summed E-state index contributed by atoms with van der Waals surface area (Å²) in [6, 6.07) is 12.4. The van der Waals surface area contributed by atoms with E-state index in [2.05, 4.69) is 10.1 Å². The molecule has 2 aromatic carbocycles. The third kappa shape index (κ3) is 6.74. The molecular weight excluding hydrogens is 382 g/mol. The van der Waals surface area contributed by atoms with Gasteiger partial charge in [0.05, 0.1) is 0 Å². The molecule has 0 aromatic heterocycles. The molecule has 0 saturated heterocycles. The van der Waals surface area contributed by atoms with Gasteiger partial charge in [-0.15, -0.1) is 0 Å². The zero-order chi connectivity index (χ0) is 21.6. The Kier molecular flexibility index (Phi) is 7.14. The van der Waals surface area contributed by atoms with Crippen LogP contribution in [0.1, 0.15) is 20.8 Å². The fraction of sp³-hybridized carbons (Fsp3) is 0.333. The summed E-state index contributed by atoms with van der Waals surface area (Å²) in [7, 11) is 1.70. The van der Waals surface area contributed by atoms with Crippen LogP contribution in [0.2, 0.25) is 0 Å². The summed E-state index contributed by atoms with van der Waals surface area (Å²) in [6.45, 7) is 2.41. The lowest BCUT2D eigenvalue weighted by molar-refractivity contribution is -0.125. The number of rotatable bonds is 7. The molecule has 6 nitrogen and oxygen atoms in total. The summed E-state index contributed by atoms with van der Waals surface area (Å²) in [5.74, 6) is 0.0533. The smallest absolute Gasteiger partial charge is 0.387 e. The summed E-state index contributed by atoms with van der Waals surface area (Å²) >= 11 is 0. The highest BCUT2D eigenvalue weighted by molar-refractivity contribution is 5.96. The first-order valence-corrected chi connectivity index (χ1v) is 8.92. The molecule has 0 saturated carbocycles. The maximum absolute atomic E-state index is 12.3. The number of nitrogens with one attached hydrogen (secondary N) is 1. The van der Waals surface area contributed by atoms with E-state index in [9.17, 15) is 18.4 Å². The fourth-order valence-corrected chi connectivity index (χ4v) is 2.45. The molecular formula is C21H24F2N2O4. The molecule has 0 aliphatic rings. The van der Waals surface area contributed by atoms with Crippen molar-refractivity contribution in [2.75, 3.05) is 23.9 Å². The Hall–Kier alpha value is -3.16. The maximum Gasteiger partial charge on any atom is 0.387 e. The number of anilines is 2. The predicted molar refractivity (Wildman–Crippen MR) is 107 cm³/mol. The quantitative estimate of drug-likeness (QED) is 0.744. The third-order valence-electron chi connectivity index (χ3n) is 3.90. The summed E-state index contributed by atoms with van der Waals surface area (Å²) in [4.78, 5) is 25.9. The number of hydrogen-bond donors (Lipinski definition) is 1. The van der Waals surface area contributed by atoms with E-state index in [0.717, 1.165) is 0 Å². The minimum atomic E-state index is -2.90. The standard InChI is InChI=1S/C21H24F2N2O4/c1-21(2,3)19(27)25(4)15-7-11-16(12-8-15)28-13-18(26)24-14-5-9-17(10-6-14)29-20(22)23/h5-12,20H,13H2,1-4H3,(H,24,26). The number of hydrogen-bond acceptors (Lipinski definition) is 4. The van der Waals surface area contributed by atoms with Crippen LogP contribution >= 0.6 is 0 Å². The number of halogens is 2. The van der Waals surface area contributed by atoms with E-state index in [1.165, 1.54) is 24.3 Å². The van der Waals surface area contributed by atoms with Crippen LogP contribution in [0.25, 0.3) is 0 Å². The van der Waals surface area contributed by atoms with Crippen LogP contribution in [0.3, 0.4) is 0 Å². The minimum Gasteiger partial charge on any atom is -0.484 e. The van der Waals surface area contributed by atoms with Crippen LogP contribution in [0.15, 0.2) is 48.5 Å². The topological polar surface area (TPSA) is 67.9 Å². The summed E-state index contributed by atoms with van der Waals surface area (Å²) in [5, 5.41) is 2.59. The first-order valence-electron chi connectivity index (χ1n) is 8.92. The van der Waals surface area contributed by atoms with Gasteiger partial charge in [0.2, 0.25) is 5.91 Å². The van der Waals surface area contributed by atoms with Crippen molar-refractivity contribution < 1.29 is 27.8 Å². The largest absolute Gasteiger partial charge is 0.484 e. The zero-order valence-electron chi connectivity index (χ0n) is 16.7. The van der Waals surface area contributed by atoms with E-state index in [0.29, 0.717) is 17.1 Å². The van der Waals surface area contributed by atoms with Crippen molar-refractivity contribution in [1.29, 1.82) is 0 Å². The van der Waals surface area contributed by atoms with E-state index in [4.69, 9.17) is 4.74 Å². The van der Waals surface area contributed by atoms with Crippen molar-refractivity contribution in [3.8, 4) is 11.5 Å². The highest BCUT2D eigenvalue weighted by atomic mass is 19.3. The summed E-state index contributed by atoms with van der Waals surface area (Å²) in [5.41, 5.74) is 0.650. The van der Waals surface area contributed by atoms with Crippen molar-refractivity contribution in [2.45, 2.75) is 27.4 Å². The Morgan fingerprint density at radius 2 is 1.55 bits per heavy atom. The van der Waals surface area contributed by atoms with Crippen molar-refractivity contribution in [2.24, 2.45) is 5.41 Å². The Morgan fingerprint density at radius 3 is 2.07 bits per heavy atom. The molecule has 0 aliphatic carbocycles. The number of ether oxygens (including phenoxy) is 2. The molecule has 0 aliphatic heterocycles. The molecule has 29 heavy (non-hydrogen) atoms. The molecule has 0 unspecified atom stereocenters. The average Bonchev–Trinajstić information content (AvgIpc) is 2.66. The Bertz CT molecular complexity index is 831. The SMILES string of the molecule is CN(C(=O)C(C)(C)C)c1ccc(OCC(=O)Nc2ccc(OC(F)F)cc2)cc1. The van der Waals surface area contributed by atoms with Crippen molar-refractivity contribution in [3.63, 3.8) is 0 Å². The highest BCUT2D eigenvalue weighted by Gasteiger charge is 2.25. The van der Waals surface area contributed by atoms with Gasteiger partial charge in [0, 0.05) is 23.8 Å². The predicted octanol–water partition coefficient (Wildman–Crippen LogP) is 4.31. The molecule has 2 aromatic rings. The van der Waals surface area contributed by atoms with Gasteiger partial charge in [0.25, 0.3) is 5.91 Å². The second-order valence-corrected chi connectivity index (χ2v) is 7.35. The van der Waals surface area contributed by atoms with E-state index in [1.807, 2.05) is 20.8 Å². The van der Waals surface area contributed by atoms with Crippen molar-refractivity contribution in [3.05, 3.63) is 48.5 Å².